The minimum atomic E-state index is -1.28. The lowest BCUT2D eigenvalue weighted by Crippen LogP contribution is -2.21. The van der Waals surface area contributed by atoms with Gasteiger partial charge in [0.1, 0.15) is 5.67 Å². The third-order valence-corrected chi connectivity index (χ3v) is 1.09. The van der Waals surface area contributed by atoms with Crippen molar-refractivity contribution in [3.05, 3.63) is 6.20 Å². The minimum absolute atomic E-state index is 0.178. The van der Waals surface area contributed by atoms with Gasteiger partial charge in [-0.1, -0.05) is 5.21 Å². The van der Waals surface area contributed by atoms with Crippen molar-refractivity contribution in [3.8, 4) is 0 Å². The van der Waals surface area contributed by atoms with Gasteiger partial charge >= 0.3 is 0 Å². The zero-order valence-electron chi connectivity index (χ0n) is 6.58. The fourth-order valence-electron chi connectivity index (χ4n) is 0.776. The van der Waals surface area contributed by atoms with E-state index in [1.54, 1.807) is 0 Å². The second kappa shape index (κ2) is 2.48. The first-order chi connectivity index (χ1) is 4.97. The van der Waals surface area contributed by atoms with Crippen LogP contribution >= 0.6 is 0 Å². The molecule has 0 bridgehead atoms. The van der Waals surface area contributed by atoms with Gasteiger partial charge < -0.3 is 5.73 Å². The molecule has 0 radical (unpaired) electrons. The molecule has 11 heavy (non-hydrogen) atoms. The van der Waals surface area contributed by atoms with Crippen LogP contribution in [0.1, 0.15) is 13.8 Å². The van der Waals surface area contributed by atoms with Crippen LogP contribution in [0.2, 0.25) is 0 Å². The highest BCUT2D eigenvalue weighted by molar-refractivity contribution is 5.19. The average Bonchev–Trinajstić information content (AvgIpc) is 2.10. The Balaban J connectivity index is 2.65. The van der Waals surface area contributed by atoms with Crippen molar-refractivity contribution in [2.24, 2.45) is 0 Å². The first-order valence-electron chi connectivity index (χ1n) is 3.32. The Bertz CT molecular complexity index is 237. The Morgan fingerprint density at radius 2 is 2.36 bits per heavy atom. The van der Waals surface area contributed by atoms with Gasteiger partial charge in [0.15, 0.2) is 5.82 Å². The topological polar surface area (TPSA) is 56.7 Å². The predicted molar refractivity (Wildman–Crippen MR) is 39.6 cm³/mol. The Morgan fingerprint density at radius 3 is 2.73 bits per heavy atom. The smallest absolute Gasteiger partial charge is 0.165 e. The highest BCUT2D eigenvalue weighted by Crippen LogP contribution is 2.10. The molecule has 5 heteroatoms. The zero-order valence-corrected chi connectivity index (χ0v) is 6.58. The van der Waals surface area contributed by atoms with Crippen LogP contribution in [0.25, 0.3) is 0 Å². The van der Waals surface area contributed by atoms with Gasteiger partial charge in [-0.3, -0.25) is 0 Å². The molecule has 1 aromatic rings. The van der Waals surface area contributed by atoms with E-state index in [9.17, 15) is 4.39 Å². The van der Waals surface area contributed by atoms with Crippen LogP contribution in [-0.4, -0.2) is 20.7 Å². The lowest BCUT2D eigenvalue weighted by atomic mass is 10.2. The molecule has 0 aliphatic carbocycles. The molecule has 0 amide bonds. The number of nitrogen functional groups attached to an aromatic ring is 1. The Hall–Kier alpha value is -1.13. The highest BCUT2D eigenvalue weighted by atomic mass is 19.1. The van der Waals surface area contributed by atoms with E-state index in [4.69, 9.17) is 5.73 Å². The van der Waals surface area contributed by atoms with Crippen LogP contribution in [0.5, 0.6) is 0 Å². The van der Waals surface area contributed by atoms with E-state index < -0.39 is 5.67 Å². The predicted octanol–water partition coefficient (Wildman–Crippen LogP) is 0.608. The summed E-state index contributed by atoms with van der Waals surface area (Å²) in [5, 5.41) is 7.13. The minimum Gasteiger partial charge on any atom is -0.381 e. The molecule has 0 aromatic carbocycles. The maximum Gasteiger partial charge on any atom is 0.165 e. The van der Waals surface area contributed by atoms with Gasteiger partial charge in [0.05, 0.1) is 12.7 Å². The Kier molecular flexibility index (Phi) is 1.80. The van der Waals surface area contributed by atoms with Crippen molar-refractivity contribution in [1.82, 2.24) is 15.0 Å². The number of aromatic nitrogens is 3. The monoisotopic (exact) mass is 158 g/mol. The fraction of sp³-hybridized carbons (Fsp3) is 0.667. The third kappa shape index (κ3) is 2.53. The first-order valence-corrected chi connectivity index (χ1v) is 3.32. The van der Waals surface area contributed by atoms with Gasteiger partial charge in [-0.2, -0.15) is 0 Å². The maximum atomic E-state index is 13.0. The van der Waals surface area contributed by atoms with E-state index in [1.807, 2.05) is 0 Å². The van der Waals surface area contributed by atoms with E-state index >= 15 is 0 Å². The maximum absolute atomic E-state index is 13.0. The molecule has 0 saturated heterocycles. The van der Waals surface area contributed by atoms with Crippen molar-refractivity contribution < 1.29 is 4.39 Å². The van der Waals surface area contributed by atoms with Crippen LogP contribution in [0.15, 0.2) is 6.20 Å². The van der Waals surface area contributed by atoms with Crippen molar-refractivity contribution in [3.63, 3.8) is 0 Å². The first kappa shape index (κ1) is 7.97. The SMILES string of the molecule is CC(C)(F)Cn1cc(N)nn1. The van der Waals surface area contributed by atoms with Crippen molar-refractivity contribution in [2.45, 2.75) is 26.1 Å². The van der Waals surface area contributed by atoms with E-state index in [2.05, 4.69) is 10.3 Å². The van der Waals surface area contributed by atoms with E-state index in [-0.39, 0.29) is 6.54 Å². The van der Waals surface area contributed by atoms with Gasteiger partial charge in [-0.05, 0) is 13.8 Å². The molecule has 4 nitrogen and oxygen atoms in total. The van der Waals surface area contributed by atoms with Gasteiger partial charge in [0.2, 0.25) is 0 Å². The Labute approximate surface area is 64.2 Å². The summed E-state index contributed by atoms with van der Waals surface area (Å²) < 4.78 is 14.3. The molecule has 0 aliphatic heterocycles. The summed E-state index contributed by atoms with van der Waals surface area (Å²) in [6.07, 6.45) is 1.50. The molecule has 1 heterocycles. The van der Waals surface area contributed by atoms with Crippen LogP contribution in [0.3, 0.4) is 0 Å². The van der Waals surface area contributed by atoms with Crippen LogP contribution in [-0.2, 0) is 6.54 Å². The molecule has 0 unspecified atom stereocenters. The summed E-state index contributed by atoms with van der Waals surface area (Å²) in [6.45, 7) is 3.13. The normalized spacial score (nSPS) is 11.9. The molecule has 0 saturated carbocycles. The number of nitrogens with zero attached hydrogens (tertiary/aromatic N) is 3. The van der Waals surface area contributed by atoms with Gasteiger partial charge in [-0.25, -0.2) is 9.07 Å². The molecule has 0 atom stereocenters. The standard InChI is InChI=1S/C6H11FN4/c1-6(2,7)4-11-3-5(8)9-10-11/h3H,4,8H2,1-2H3. The third-order valence-electron chi connectivity index (χ3n) is 1.09. The van der Waals surface area contributed by atoms with E-state index in [0.29, 0.717) is 5.82 Å². The van der Waals surface area contributed by atoms with Crippen LogP contribution < -0.4 is 5.73 Å². The summed E-state index contributed by atoms with van der Waals surface area (Å²) in [6, 6.07) is 0. The van der Waals surface area contributed by atoms with Crippen LogP contribution in [0, 0.1) is 0 Å². The number of hydrogen-bond donors (Lipinski definition) is 1. The molecule has 0 fully saturated rings. The van der Waals surface area contributed by atoms with Crippen molar-refractivity contribution >= 4 is 5.82 Å². The molecule has 1 rings (SSSR count). The summed E-state index contributed by atoms with van der Waals surface area (Å²) in [5.41, 5.74) is 4.00. The largest absolute Gasteiger partial charge is 0.381 e. The Morgan fingerprint density at radius 1 is 1.73 bits per heavy atom. The number of alkyl halides is 1. The highest BCUT2D eigenvalue weighted by Gasteiger charge is 2.16. The van der Waals surface area contributed by atoms with Crippen LogP contribution in [0.4, 0.5) is 10.2 Å². The number of anilines is 1. The van der Waals surface area contributed by atoms with Gasteiger partial charge in [0.25, 0.3) is 0 Å². The molecule has 0 spiro atoms. The van der Waals surface area contributed by atoms with Gasteiger partial charge in [0, 0.05) is 0 Å². The van der Waals surface area contributed by atoms with Crippen molar-refractivity contribution in [2.75, 3.05) is 5.73 Å². The van der Waals surface area contributed by atoms with Crippen molar-refractivity contribution in [1.29, 1.82) is 0 Å². The zero-order chi connectivity index (χ0) is 8.48. The second-order valence-corrected chi connectivity index (χ2v) is 3.06. The lowest BCUT2D eigenvalue weighted by molar-refractivity contribution is 0.178. The summed E-state index contributed by atoms with van der Waals surface area (Å²) in [5.74, 6) is 0.314. The molecule has 2 N–H and O–H groups in total. The lowest BCUT2D eigenvalue weighted by Gasteiger charge is -2.12. The summed E-state index contributed by atoms with van der Waals surface area (Å²) in [7, 11) is 0. The second-order valence-electron chi connectivity index (χ2n) is 3.06. The number of hydrogen-bond acceptors (Lipinski definition) is 3. The molecule has 0 aliphatic rings. The average molecular weight is 158 g/mol. The van der Waals surface area contributed by atoms with E-state index in [0.717, 1.165) is 0 Å². The molecule has 1 aromatic heterocycles. The fourth-order valence-corrected chi connectivity index (χ4v) is 0.776. The number of halogens is 1. The van der Waals surface area contributed by atoms with E-state index in [1.165, 1.54) is 24.7 Å². The quantitative estimate of drug-likeness (QED) is 0.686. The molecular weight excluding hydrogens is 147 g/mol. The number of nitrogens with two attached hydrogens (primary N) is 1. The number of rotatable bonds is 2. The summed E-state index contributed by atoms with van der Waals surface area (Å²) in [4.78, 5) is 0. The van der Waals surface area contributed by atoms with Gasteiger partial charge in [-0.15, -0.1) is 5.10 Å². The molecule has 62 valence electrons. The molecular formula is C6H11FN4. The summed E-state index contributed by atoms with van der Waals surface area (Å²) >= 11 is 0.